The molecule has 2 aromatic heterocycles. The van der Waals surface area contributed by atoms with Gasteiger partial charge in [0.2, 0.25) is 11.8 Å². The van der Waals surface area contributed by atoms with Crippen LogP contribution in [0.15, 0.2) is 67.0 Å². The minimum absolute atomic E-state index is 0.117. The Hall–Kier alpha value is -4.14. The van der Waals surface area contributed by atoms with Crippen LogP contribution >= 0.6 is 0 Å². The SMILES string of the molecule is Cc1nc(Oc2ccc(NC(=O)Cc3ccc(F)cc3F)cc2)cc(-n2cccn2)n1. The molecule has 0 atom stereocenters. The fourth-order valence-electron chi connectivity index (χ4n) is 2.87. The van der Waals surface area contributed by atoms with Gasteiger partial charge in [-0.2, -0.15) is 10.1 Å². The van der Waals surface area contributed by atoms with E-state index >= 15 is 0 Å². The molecule has 31 heavy (non-hydrogen) atoms. The van der Waals surface area contributed by atoms with Gasteiger partial charge in [0.05, 0.1) is 6.42 Å². The van der Waals surface area contributed by atoms with Crippen molar-refractivity contribution in [1.82, 2.24) is 19.7 Å². The van der Waals surface area contributed by atoms with Crippen molar-refractivity contribution in [2.45, 2.75) is 13.3 Å². The maximum Gasteiger partial charge on any atom is 0.228 e. The third-order valence-corrected chi connectivity index (χ3v) is 4.27. The van der Waals surface area contributed by atoms with Crippen molar-refractivity contribution in [3.05, 3.63) is 90.0 Å². The number of benzene rings is 2. The van der Waals surface area contributed by atoms with Crippen molar-refractivity contribution < 1.29 is 18.3 Å². The Morgan fingerprint density at radius 2 is 1.90 bits per heavy atom. The Morgan fingerprint density at radius 3 is 2.61 bits per heavy atom. The van der Waals surface area contributed by atoms with Crippen LogP contribution in [0.3, 0.4) is 0 Å². The first-order valence-corrected chi connectivity index (χ1v) is 9.34. The van der Waals surface area contributed by atoms with Crippen LogP contribution in [0.5, 0.6) is 11.6 Å². The number of aryl methyl sites for hydroxylation is 1. The Labute approximate surface area is 176 Å². The van der Waals surface area contributed by atoms with Crippen LogP contribution in [-0.4, -0.2) is 25.7 Å². The zero-order valence-electron chi connectivity index (χ0n) is 16.4. The van der Waals surface area contributed by atoms with E-state index < -0.39 is 17.5 Å². The summed E-state index contributed by atoms with van der Waals surface area (Å²) >= 11 is 0. The van der Waals surface area contributed by atoms with E-state index in [0.29, 0.717) is 29.0 Å². The van der Waals surface area contributed by atoms with Gasteiger partial charge in [0.1, 0.15) is 23.2 Å². The zero-order chi connectivity index (χ0) is 21.8. The molecule has 0 bridgehead atoms. The number of nitrogens with one attached hydrogen (secondary N) is 1. The fourth-order valence-corrected chi connectivity index (χ4v) is 2.87. The number of nitrogens with zero attached hydrogens (tertiary/aromatic N) is 4. The molecule has 156 valence electrons. The van der Waals surface area contributed by atoms with Crippen LogP contribution in [-0.2, 0) is 11.2 Å². The summed E-state index contributed by atoms with van der Waals surface area (Å²) in [5, 5.41) is 6.81. The van der Waals surface area contributed by atoms with Gasteiger partial charge in [0, 0.05) is 30.2 Å². The Morgan fingerprint density at radius 1 is 1.10 bits per heavy atom. The Kier molecular flexibility index (Phi) is 5.65. The number of anilines is 1. The van der Waals surface area contributed by atoms with E-state index in [9.17, 15) is 13.6 Å². The van der Waals surface area contributed by atoms with Crippen molar-refractivity contribution in [3.8, 4) is 17.4 Å². The highest BCUT2D eigenvalue weighted by Crippen LogP contribution is 2.23. The number of halogens is 2. The summed E-state index contributed by atoms with van der Waals surface area (Å²) in [7, 11) is 0. The summed E-state index contributed by atoms with van der Waals surface area (Å²) in [4.78, 5) is 20.7. The lowest BCUT2D eigenvalue weighted by Gasteiger charge is -2.09. The molecule has 9 heteroatoms. The van der Waals surface area contributed by atoms with Crippen molar-refractivity contribution in [3.63, 3.8) is 0 Å². The van der Waals surface area contributed by atoms with E-state index in [0.717, 1.165) is 12.1 Å². The van der Waals surface area contributed by atoms with Crippen LogP contribution in [0.4, 0.5) is 14.5 Å². The number of amides is 1. The van der Waals surface area contributed by atoms with Crippen molar-refractivity contribution >= 4 is 11.6 Å². The molecule has 0 saturated heterocycles. The molecule has 0 spiro atoms. The second-order valence-electron chi connectivity index (χ2n) is 6.65. The minimum Gasteiger partial charge on any atom is -0.439 e. The first kappa shape index (κ1) is 20.1. The van der Waals surface area contributed by atoms with Gasteiger partial charge in [-0.3, -0.25) is 4.79 Å². The summed E-state index contributed by atoms with van der Waals surface area (Å²) < 4.78 is 34.1. The maximum absolute atomic E-state index is 13.7. The molecule has 0 aliphatic rings. The molecule has 0 fully saturated rings. The molecule has 0 aliphatic heterocycles. The third kappa shape index (κ3) is 5.08. The van der Waals surface area contributed by atoms with Gasteiger partial charge >= 0.3 is 0 Å². The van der Waals surface area contributed by atoms with E-state index in [-0.39, 0.29) is 12.0 Å². The molecule has 0 aliphatic carbocycles. The monoisotopic (exact) mass is 421 g/mol. The molecule has 1 N–H and O–H groups in total. The number of rotatable bonds is 6. The molecule has 4 rings (SSSR count). The lowest BCUT2D eigenvalue weighted by Crippen LogP contribution is -2.15. The predicted molar refractivity (Wildman–Crippen MR) is 109 cm³/mol. The van der Waals surface area contributed by atoms with Crippen LogP contribution in [0.25, 0.3) is 5.82 Å². The maximum atomic E-state index is 13.7. The number of hydrogen-bond acceptors (Lipinski definition) is 5. The summed E-state index contributed by atoms with van der Waals surface area (Å²) in [5.74, 6) is 0.0915. The van der Waals surface area contributed by atoms with Gasteiger partial charge in [0.25, 0.3) is 0 Å². The summed E-state index contributed by atoms with van der Waals surface area (Å²) in [6.07, 6.45) is 3.21. The van der Waals surface area contributed by atoms with E-state index in [1.807, 2.05) is 0 Å². The van der Waals surface area contributed by atoms with Gasteiger partial charge in [-0.15, -0.1) is 0 Å². The molecule has 4 aromatic rings. The molecule has 2 heterocycles. The van der Waals surface area contributed by atoms with E-state index in [1.54, 1.807) is 60.4 Å². The number of ether oxygens (including phenoxy) is 1. The fraction of sp³-hybridized carbons (Fsp3) is 0.0909. The molecule has 0 radical (unpaired) electrons. The second kappa shape index (κ2) is 8.70. The summed E-state index contributed by atoms with van der Waals surface area (Å²) in [6.45, 7) is 1.75. The predicted octanol–water partition coefficient (Wildman–Crippen LogP) is 4.22. The van der Waals surface area contributed by atoms with E-state index in [4.69, 9.17) is 4.74 Å². The van der Waals surface area contributed by atoms with Gasteiger partial charge in [-0.1, -0.05) is 6.07 Å². The normalized spacial score (nSPS) is 10.7. The summed E-state index contributed by atoms with van der Waals surface area (Å²) in [6, 6.07) is 13.2. The lowest BCUT2D eigenvalue weighted by atomic mass is 10.1. The van der Waals surface area contributed by atoms with Crippen molar-refractivity contribution in [2.75, 3.05) is 5.32 Å². The number of hydrogen-bond donors (Lipinski definition) is 1. The molecular formula is C22H17F2N5O2. The molecule has 0 unspecified atom stereocenters. The first-order valence-electron chi connectivity index (χ1n) is 9.34. The van der Waals surface area contributed by atoms with E-state index in [2.05, 4.69) is 20.4 Å². The van der Waals surface area contributed by atoms with Crippen molar-refractivity contribution in [2.24, 2.45) is 0 Å². The third-order valence-electron chi connectivity index (χ3n) is 4.27. The van der Waals surface area contributed by atoms with E-state index in [1.165, 1.54) is 6.07 Å². The van der Waals surface area contributed by atoms with Crippen LogP contribution in [0.2, 0.25) is 0 Å². The molecule has 7 nitrogen and oxygen atoms in total. The van der Waals surface area contributed by atoms with Gasteiger partial charge in [-0.05, 0) is 48.9 Å². The average molecular weight is 421 g/mol. The Balaban J connectivity index is 1.41. The topological polar surface area (TPSA) is 81.9 Å². The minimum atomic E-state index is -0.756. The van der Waals surface area contributed by atoms with Gasteiger partial charge in [-0.25, -0.2) is 18.4 Å². The number of aromatic nitrogens is 4. The average Bonchev–Trinajstić information content (AvgIpc) is 3.26. The first-order chi connectivity index (χ1) is 15.0. The highest BCUT2D eigenvalue weighted by atomic mass is 19.1. The van der Waals surface area contributed by atoms with Crippen LogP contribution < -0.4 is 10.1 Å². The zero-order valence-corrected chi connectivity index (χ0v) is 16.4. The number of carbonyl (C=O) groups excluding carboxylic acids is 1. The summed E-state index contributed by atoms with van der Waals surface area (Å²) in [5.41, 5.74) is 0.627. The molecule has 1 amide bonds. The molecular weight excluding hydrogens is 404 g/mol. The molecule has 0 saturated carbocycles. The van der Waals surface area contributed by atoms with Crippen molar-refractivity contribution in [1.29, 1.82) is 0 Å². The van der Waals surface area contributed by atoms with Gasteiger partial charge < -0.3 is 10.1 Å². The standard InChI is InChI=1S/C22H17F2N5O2/c1-14-26-20(29-10-2-9-25-29)13-22(27-14)31-18-7-5-17(6-8-18)28-21(30)11-15-3-4-16(23)12-19(15)24/h2-10,12-13H,11H2,1H3,(H,28,30). The van der Waals surface area contributed by atoms with Crippen LogP contribution in [0, 0.1) is 18.6 Å². The second-order valence-corrected chi connectivity index (χ2v) is 6.65. The Bertz CT molecular complexity index is 1210. The highest BCUT2D eigenvalue weighted by Gasteiger charge is 2.10. The quantitative estimate of drug-likeness (QED) is 0.504. The smallest absolute Gasteiger partial charge is 0.228 e. The lowest BCUT2D eigenvalue weighted by molar-refractivity contribution is -0.115. The number of carbonyl (C=O) groups is 1. The molecule has 2 aromatic carbocycles. The van der Waals surface area contributed by atoms with Gasteiger partial charge in [0.15, 0.2) is 5.82 Å². The van der Waals surface area contributed by atoms with Crippen LogP contribution in [0.1, 0.15) is 11.4 Å². The highest BCUT2D eigenvalue weighted by molar-refractivity contribution is 5.92. The largest absolute Gasteiger partial charge is 0.439 e.